The van der Waals surface area contributed by atoms with Gasteiger partial charge in [0.25, 0.3) is 0 Å². The van der Waals surface area contributed by atoms with E-state index in [9.17, 15) is 45.6 Å². The van der Waals surface area contributed by atoms with Gasteiger partial charge in [0.2, 0.25) is 5.91 Å². The molecule has 2 aliphatic rings. The largest absolute Gasteiger partial charge is 0.394 e. The van der Waals surface area contributed by atoms with E-state index in [0.717, 1.165) is 57.8 Å². The van der Waals surface area contributed by atoms with Gasteiger partial charge < -0.3 is 65.1 Å². The lowest BCUT2D eigenvalue weighted by atomic mass is 9.97. The Balaban J connectivity index is 1.62. The number of aliphatic hydroxyl groups excluding tert-OH is 8. The van der Waals surface area contributed by atoms with E-state index >= 15 is 0 Å². The summed E-state index contributed by atoms with van der Waals surface area (Å²) in [5, 5.41) is 87.5. The third-order valence-corrected chi connectivity index (χ3v) is 18.8. The summed E-state index contributed by atoms with van der Waals surface area (Å²) < 4.78 is 22.9. The molecule has 2 heterocycles. The summed E-state index contributed by atoms with van der Waals surface area (Å²) in [6.07, 6.45) is 71.3. The highest BCUT2D eigenvalue weighted by Gasteiger charge is 2.51. The normalized spacial score (nSPS) is 22.8. The van der Waals surface area contributed by atoms with Gasteiger partial charge in [0.1, 0.15) is 48.8 Å². The molecule has 12 unspecified atom stereocenters. The maximum absolute atomic E-state index is 13.4. The third kappa shape index (κ3) is 46.7. The molecule has 14 heteroatoms. The standard InChI is InChI=1S/C80H145NO13/c1-3-5-7-9-11-13-15-17-19-21-23-25-27-28-29-30-31-32-33-34-35-36-37-38-39-40-42-44-46-48-50-52-54-56-58-60-62-64-72(85)81-68(67-91-79-77(90)75(88)78(71(66-83)93-79)94-80-76(89)74(87)73(86)70(65-82)92-80)69(84)63-61-59-57-55-53-51-49-47-45-43-41-26-24-22-20-18-16-14-12-10-8-6-4-2/h15,17,21,23,27-28,45,47,53,55,61,63,68-71,73-80,82-84,86-90H,3-14,16,18-20,22,24-26,29-44,46,48-52,54,56-60,62,64-67H2,1-2H3,(H,81,85)/b17-15-,23-21-,28-27-,47-45+,55-53+,63-61+. The van der Waals surface area contributed by atoms with Gasteiger partial charge in [-0.15, -0.1) is 0 Å². The van der Waals surface area contributed by atoms with Crippen molar-refractivity contribution in [2.75, 3.05) is 19.8 Å². The van der Waals surface area contributed by atoms with E-state index in [1.165, 1.54) is 244 Å². The molecule has 2 fully saturated rings. The predicted octanol–water partition coefficient (Wildman–Crippen LogP) is 17.4. The van der Waals surface area contributed by atoms with E-state index < -0.39 is 86.8 Å². The Morgan fingerprint density at radius 3 is 1.12 bits per heavy atom. The van der Waals surface area contributed by atoms with Gasteiger partial charge >= 0.3 is 0 Å². The zero-order chi connectivity index (χ0) is 68.0. The second kappa shape index (κ2) is 63.8. The molecule has 0 aromatic carbocycles. The van der Waals surface area contributed by atoms with Crippen LogP contribution in [0, 0.1) is 0 Å². The summed E-state index contributed by atoms with van der Waals surface area (Å²) in [4.78, 5) is 13.4. The molecule has 14 nitrogen and oxygen atoms in total. The first-order valence-electron chi connectivity index (χ1n) is 39.2. The Morgan fingerprint density at radius 1 is 0.383 bits per heavy atom. The Bertz CT molecular complexity index is 1860. The van der Waals surface area contributed by atoms with Gasteiger partial charge in [-0.2, -0.15) is 0 Å². The van der Waals surface area contributed by atoms with E-state index in [1.54, 1.807) is 6.08 Å². The molecule has 0 spiro atoms. The van der Waals surface area contributed by atoms with Crippen molar-refractivity contribution in [3.63, 3.8) is 0 Å². The fourth-order valence-corrected chi connectivity index (χ4v) is 12.6. The Kier molecular flexibility index (Phi) is 59.4. The molecule has 0 aliphatic carbocycles. The minimum absolute atomic E-state index is 0.249. The quantitative estimate of drug-likeness (QED) is 0.0204. The molecule has 0 aromatic rings. The first-order valence-corrected chi connectivity index (χ1v) is 39.2. The number of hydrogen-bond acceptors (Lipinski definition) is 13. The lowest BCUT2D eigenvalue weighted by Crippen LogP contribution is -2.65. The highest BCUT2D eigenvalue weighted by Crippen LogP contribution is 2.30. The minimum Gasteiger partial charge on any atom is -0.394 e. The van der Waals surface area contributed by atoms with Crippen molar-refractivity contribution in [3.8, 4) is 0 Å². The number of rotatable bonds is 65. The van der Waals surface area contributed by atoms with Crippen LogP contribution in [0.2, 0.25) is 0 Å². The van der Waals surface area contributed by atoms with Crippen molar-refractivity contribution < 1.29 is 64.6 Å². The van der Waals surface area contributed by atoms with E-state index in [1.807, 2.05) is 6.08 Å². The van der Waals surface area contributed by atoms with Crippen molar-refractivity contribution >= 4 is 5.91 Å². The average molecular weight is 1330 g/mol. The summed E-state index contributed by atoms with van der Waals surface area (Å²) in [6.45, 7) is 2.80. The van der Waals surface area contributed by atoms with Crippen LogP contribution in [-0.4, -0.2) is 140 Å². The highest BCUT2D eigenvalue weighted by atomic mass is 16.7. The number of nitrogens with one attached hydrogen (secondary N) is 1. The third-order valence-electron chi connectivity index (χ3n) is 18.8. The van der Waals surface area contributed by atoms with E-state index in [0.29, 0.717) is 12.8 Å². The fourth-order valence-electron chi connectivity index (χ4n) is 12.6. The molecule has 9 N–H and O–H groups in total. The number of carbonyl (C=O) groups is 1. The molecular weight excluding hydrogens is 1180 g/mol. The molecule has 0 saturated carbocycles. The predicted molar refractivity (Wildman–Crippen MR) is 387 cm³/mol. The van der Waals surface area contributed by atoms with Crippen LogP contribution in [-0.2, 0) is 23.7 Å². The first kappa shape index (κ1) is 87.5. The summed E-state index contributed by atoms with van der Waals surface area (Å²) in [5.74, 6) is -0.249. The Labute approximate surface area is 574 Å². The second-order valence-corrected chi connectivity index (χ2v) is 27.5. The van der Waals surface area contributed by atoms with Crippen LogP contribution in [0.1, 0.15) is 335 Å². The average Bonchev–Trinajstić information content (AvgIpc) is 0.794. The zero-order valence-electron chi connectivity index (χ0n) is 60.0. The van der Waals surface area contributed by atoms with Gasteiger partial charge in [-0.1, -0.05) is 318 Å². The smallest absolute Gasteiger partial charge is 0.220 e. The lowest BCUT2D eigenvalue weighted by molar-refractivity contribution is -0.359. The van der Waals surface area contributed by atoms with Gasteiger partial charge in [0.05, 0.1) is 32.0 Å². The molecule has 2 aliphatic heterocycles. The Hall–Kier alpha value is -2.57. The van der Waals surface area contributed by atoms with Crippen LogP contribution in [0.4, 0.5) is 0 Å². The van der Waals surface area contributed by atoms with Crippen molar-refractivity contribution in [2.45, 2.75) is 408 Å². The molecule has 548 valence electrons. The number of ether oxygens (including phenoxy) is 4. The SMILES string of the molecule is CCCCCCC/C=C\C/C=C\C/C=C\CCCCCCCCCCCCCCCCCCCCCCCCC(=O)NC(COC1OC(CO)C(OC2OC(CO)C(O)C(O)C2O)C(O)C1O)C(O)/C=C/CC/C=C/CC/C=C/CCCCCCCCCCCCCCC. The second-order valence-electron chi connectivity index (χ2n) is 27.5. The Morgan fingerprint density at radius 2 is 0.713 bits per heavy atom. The minimum atomic E-state index is -1.79. The number of hydrogen-bond donors (Lipinski definition) is 9. The van der Waals surface area contributed by atoms with E-state index in [4.69, 9.17) is 18.9 Å². The van der Waals surface area contributed by atoms with E-state index in [-0.39, 0.29) is 18.9 Å². The molecular formula is C80H145NO13. The highest BCUT2D eigenvalue weighted by molar-refractivity contribution is 5.76. The summed E-state index contributed by atoms with van der Waals surface area (Å²) in [5.41, 5.74) is 0. The number of unbranched alkanes of at least 4 members (excludes halogenated alkanes) is 42. The van der Waals surface area contributed by atoms with Gasteiger partial charge in [-0.3, -0.25) is 4.79 Å². The fraction of sp³-hybridized carbons (Fsp3) is 0.838. The maximum atomic E-state index is 13.4. The number of aliphatic hydroxyl groups is 8. The van der Waals surface area contributed by atoms with Crippen molar-refractivity contribution in [3.05, 3.63) is 72.9 Å². The van der Waals surface area contributed by atoms with Gasteiger partial charge in [-0.25, -0.2) is 0 Å². The molecule has 12 atom stereocenters. The topological polar surface area (TPSA) is 228 Å². The molecule has 1 amide bonds. The van der Waals surface area contributed by atoms with Crippen molar-refractivity contribution in [1.29, 1.82) is 0 Å². The van der Waals surface area contributed by atoms with Crippen molar-refractivity contribution in [1.82, 2.24) is 5.32 Å². The zero-order valence-corrected chi connectivity index (χ0v) is 60.0. The monoisotopic (exact) mass is 1330 g/mol. The lowest BCUT2D eigenvalue weighted by Gasteiger charge is -2.46. The van der Waals surface area contributed by atoms with Crippen molar-refractivity contribution in [2.24, 2.45) is 0 Å². The molecule has 0 bridgehead atoms. The van der Waals surface area contributed by atoms with Crippen LogP contribution < -0.4 is 5.32 Å². The maximum Gasteiger partial charge on any atom is 0.220 e. The van der Waals surface area contributed by atoms with Gasteiger partial charge in [0.15, 0.2) is 12.6 Å². The molecule has 2 saturated heterocycles. The summed E-state index contributed by atoms with van der Waals surface area (Å²) in [7, 11) is 0. The molecule has 2 rings (SSSR count). The van der Waals surface area contributed by atoms with Crippen LogP contribution in [0.3, 0.4) is 0 Å². The summed E-state index contributed by atoms with van der Waals surface area (Å²) >= 11 is 0. The first-order chi connectivity index (χ1) is 46.1. The van der Waals surface area contributed by atoms with Crippen LogP contribution in [0.5, 0.6) is 0 Å². The van der Waals surface area contributed by atoms with Crippen LogP contribution in [0.25, 0.3) is 0 Å². The van der Waals surface area contributed by atoms with Crippen LogP contribution >= 0.6 is 0 Å². The van der Waals surface area contributed by atoms with Gasteiger partial charge in [0, 0.05) is 6.42 Å². The van der Waals surface area contributed by atoms with Gasteiger partial charge in [-0.05, 0) is 83.5 Å². The molecule has 0 aromatic heterocycles. The number of allylic oxidation sites excluding steroid dienone is 11. The number of amides is 1. The van der Waals surface area contributed by atoms with Crippen LogP contribution in [0.15, 0.2) is 72.9 Å². The van der Waals surface area contributed by atoms with E-state index in [2.05, 4.69) is 79.9 Å². The summed E-state index contributed by atoms with van der Waals surface area (Å²) in [6, 6.07) is -0.941. The molecule has 0 radical (unpaired) electrons. The number of carbonyl (C=O) groups excluding carboxylic acids is 1. The molecule has 94 heavy (non-hydrogen) atoms.